The summed E-state index contributed by atoms with van der Waals surface area (Å²) in [5.41, 5.74) is 3.86. The maximum absolute atomic E-state index is 12.0. The van der Waals surface area contributed by atoms with E-state index in [4.69, 9.17) is 20.3 Å². The van der Waals surface area contributed by atoms with Gasteiger partial charge in [-0.2, -0.15) is 10.8 Å². The van der Waals surface area contributed by atoms with Gasteiger partial charge in [0.1, 0.15) is 24.3 Å². The molecule has 34 heavy (non-hydrogen) atoms. The minimum absolute atomic E-state index is 0.0160. The first-order chi connectivity index (χ1) is 16.6. The second-order valence-electron chi connectivity index (χ2n) is 8.93. The number of methoxy groups -OCH3 is 1. The van der Waals surface area contributed by atoms with Crippen molar-refractivity contribution in [1.82, 2.24) is 0 Å². The summed E-state index contributed by atoms with van der Waals surface area (Å²) in [6.07, 6.45) is 8.71. The quantitative estimate of drug-likeness (QED) is 0.394. The van der Waals surface area contributed by atoms with Gasteiger partial charge in [0.05, 0.1) is 31.0 Å². The van der Waals surface area contributed by atoms with Crippen LogP contribution in [0.1, 0.15) is 36.8 Å². The Kier molecular flexibility index (Phi) is 6.13. The Bertz CT molecular complexity index is 1190. The molecule has 0 bridgehead atoms. The van der Waals surface area contributed by atoms with E-state index in [-0.39, 0.29) is 22.4 Å². The van der Waals surface area contributed by atoms with Gasteiger partial charge in [-0.25, -0.2) is 0 Å². The van der Waals surface area contributed by atoms with Gasteiger partial charge in [0.15, 0.2) is 0 Å². The molecule has 2 heterocycles. The number of carbonyl (C=O) groups excluding carboxylic acids is 1. The summed E-state index contributed by atoms with van der Waals surface area (Å²) >= 11 is 0. The van der Waals surface area contributed by atoms with Crippen LogP contribution in [0.15, 0.2) is 88.4 Å². The molecule has 2 aromatic carbocycles. The molecule has 0 amide bonds. The van der Waals surface area contributed by atoms with Crippen molar-refractivity contribution in [1.29, 1.82) is 0 Å². The van der Waals surface area contributed by atoms with Crippen molar-refractivity contribution in [2.75, 3.05) is 7.11 Å². The number of amidine groups is 1. The number of esters is 1. The fourth-order valence-electron chi connectivity index (χ4n) is 4.94. The molecule has 2 aromatic rings. The molecule has 1 unspecified atom stereocenters. The first-order valence-corrected chi connectivity index (χ1v) is 11.7. The van der Waals surface area contributed by atoms with Crippen LogP contribution in [0.5, 0.6) is 5.75 Å². The average molecular weight is 458 g/mol. The van der Waals surface area contributed by atoms with E-state index in [1.54, 1.807) is 6.20 Å². The number of allylic oxidation sites excluding steroid dienone is 2. The van der Waals surface area contributed by atoms with E-state index in [1.165, 1.54) is 7.11 Å². The molecule has 7 nitrogen and oxygen atoms in total. The van der Waals surface area contributed by atoms with Crippen molar-refractivity contribution in [3.8, 4) is 5.75 Å². The van der Waals surface area contributed by atoms with E-state index < -0.39 is 0 Å². The van der Waals surface area contributed by atoms with Gasteiger partial charge < -0.3 is 9.47 Å². The Balaban J connectivity index is 1.40. The molecule has 0 spiro atoms. The Morgan fingerprint density at radius 1 is 1.09 bits per heavy atom. The zero-order valence-electron chi connectivity index (χ0n) is 19.3. The van der Waals surface area contributed by atoms with Gasteiger partial charge >= 0.3 is 5.97 Å². The molecule has 1 saturated carbocycles. The Labute approximate surface area is 199 Å². The van der Waals surface area contributed by atoms with Crippen LogP contribution < -0.4 is 10.6 Å². The molecule has 0 saturated heterocycles. The molecule has 1 atom stereocenters. The fraction of sp³-hybridized carbons (Fsp3) is 0.296. The summed E-state index contributed by atoms with van der Waals surface area (Å²) in [7, 11) is 1.45. The Hall–Kier alpha value is -3.55. The second kappa shape index (κ2) is 9.37. The zero-order chi connectivity index (χ0) is 23.5. The highest BCUT2D eigenvalue weighted by Crippen LogP contribution is 2.41. The number of ether oxygens (including phenoxy) is 2. The summed E-state index contributed by atoms with van der Waals surface area (Å²) in [6.45, 7) is 0.490. The number of quaternary nitrogens is 1. The molecule has 3 aliphatic rings. The molecule has 1 fully saturated rings. The Morgan fingerprint density at radius 3 is 2.65 bits per heavy atom. The summed E-state index contributed by atoms with van der Waals surface area (Å²) in [4.78, 5) is 21.4. The number of benzene rings is 2. The van der Waals surface area contributed by atoms with E-state index in [9.17, 15) is 4.79 Å². The fourth-order valence-corrected chi connectivity index (χ4v) is 4.94. The molecular weight excluding hydrogens is 428 g/mol. The molecular formula is C27H29N4O3+. The molecule has 174 valence electrons. The minimum atomic E-state index is -0.120. The maximum Gasteiger partial charge on any atom is 0.308 e. The van der Waals surface area contributed by atoms with Crippen LogP contribution >= 0.6 is 0 Å². The van der Waals surface area contributed by atoms with Crippen molar-refractivity contribution in [2.45, 2.75) is 32.3 Å². The van der Waals surface area contributed by atoms with Gasteiger partial charge in [0.2, 0.25) is 5.70 Å². The standard InChI is InChI=1S/C27H29N4O3/c1-33-27(32)21-12-10-20(11-13-21)25-24-17-29-14-15-31(24,28)26(30-25)22-8-5-9-23(16-22)34-18-19-6-3-2-4-7-19/h2-9,14-17,20-21H,10-13,18,28H2,1H3/q+1. The van der Waals surface area contributed by atoms with Crippen molar-refractivity contribution >= 4 is 18.0 Å². The van der Waals surface area contributed by atoms with Crippen molar-refractivity contribution in [3.05, 3.63) is 89.5 Å². The smallest absolute Gasteiger partial charge is 0.308 e. The molecule has 1 aliphatic carbocycles. The van der Waals surface area contributed by atoms with Crippen LogP contribution in [-0.2, 0) is 16.1 Å². The highest BCUT2D eigenvalue weighted by atomic mass is 16.5. The monoisotopic (exact) mass is 457 g/mol. The lowest BCUT2D eigenvalue weighted by Gasteiger charge is -2.28. The van der Waals surface area contributed by atoms with Crippen molar-refractivity contribution in [3.63, 3.8) is 0 Å². The number of hydrogen-bond acceptors (Lipinski definition) is 6. The summed E-state index contributed by atoms with van der Waals surface area (Å²) < 4.78 is 11.0. The average Bonchev–Trinajstić information content (AvgIpc) is 3.21. The van der Waals surface area contributed by atoms with E-state index in [1.807, 2.05) is 67.0 Å². The SMILES string of the molecule is COC(=O)C1CCC(C2=C3C=NC=C[N+]3(N)C(c3cccc(OCc4ccccc4)c3)=N2)CC1. The lowest BCUT2D eigenvalue weighted by Crippen LogP contribution is -2.53. The van der Waals surface area contributed by atoms with Gasteiger partial charge in [-0.15, -0.1) is 4.59 Å². The van der Waals surface area contributed by atoms with Crippen molar-refractivity contribution in [2.24, 2.45) is 27.7 Å². The van der Waals surface area contributed by atoms with E-state index >= 15 is 0 Å². The molecule has 0 aromatic heterocycles. The highest BCUT2D eigenvalue weighted by Gasteiger charge is 2.46. The van der Waals surface area contributed by atoms with Crippen LogP contribution in [0.4, 0.5) is 0 Å². The van der Waals surface area contributed by atoms with Crippen LogP contribution in [0.3, 0.4) is 0 Å². The third-order valence-corrected chi connectivity index (χ3v) is 6.81. The Morgan fingerprint density at radius 2 is 1.88 bits per heavy atom. The molecule has 0 radical (unpaired) electrons. The van der Waals surface area contributed by atoms with Crippen LogP contribution in [0.2, 0.25) is 0 Å². The normalized spacial score (nSPS) is 25.6. The third kappa shape index (κ3) is 4.20. The van der Waals surface area contributed by atoms with Gasteiger partial charge in [-0.3, -0.25) is 9.79 Å². The number of nitrogens with zero attached hydrogens (tertiary/aromatic N) is 3. The lowest BCUT2D eigenvalue weighted by molar-refractivity contribution is -0.750. The van der Waals surface area contributed by atoms with Crippen molar-refractivity contribution < 1.29 is 18.9 Å². The largest absolute Gasteiger partial charge is 0.489 e. The summed E-state index contributed by atoms with van der Waals surface area (Å²) in [5, 5.41) is 0. The highest BCUT2D eigenvalue weighted by molar-refractivity contribution is 6.00. The van der Waals surface area contributed by atoms with Crippen LogP contribution in [-0.4, -0.2) is 29.7 Å². The number of fused-ring (bicyclic) bond motifs is 1. The second-order valence-corrected chi connectivity index (χ2v) is 8.93. The summed E-state index contributed by atoms with van der Waals surface area (Å²) in [5.74, 6) is 8.48. The van der Waals surface area contributed by atoms with E-state index in [0.29, 0.717) is 6.61 Å². The van der Waals surface area contributed by atoms with E-state index in [0.717, 1.165) is 59.8 Å². The molecule has 2 N–H and O–H groups in total. The number of nitrogens with two attached hydrogens (primary N) is 1. The minimum Gasteiger partial charge on any atom is -0.489 e. The first-order valence-electron chi connectivity index (χ1n) is 11.7. The van der Waals surface area contributed by atoms with Gasteiger partial charge in [0, 0.05) is 5.92 Å². The lowest BCUT2D eigenvalue weighted by atomic mass is 9.80. The van der Waals surface area contributed by atoms with E-state index in [2.05, 4.69) is 4.99 Å². The topological polar surface area (TPSA) is 86.3 Å². The van der Waals surface area contributed by atoms with Gasteiger partial charge in [-0.05, 0) is 49.4 Å². The maximum atomic E-state index is 12.0. The number of aliphatic imine (C=N–C) groups is 2. The first kappa shape index (κ1) is 22.3. The predicted molar refractivity (Wildman–Crippen MR) is 130 cm³/mol. The number of rotatable bonds is 6. The molecule has 7 heteroatoms. The van der Waals surface area contributed by atoms with Gasteiger partial charge in [0.25, 0.3) is 5.84 Å². The predicted octanol–water partition coefficient (Wildman–Crippen LogP) is 4.46. The van der Waals surface area contributed by atoms with Crippen LogP contribution in [0, 0.1) is 11.8 Å². The molecule has 5 rings (SSSR count). The zero-order valence-corrected chi connectivity index (χ0v) is 19.3. The van der Waals surface area contributed by atoms with Crippen LogP contribution in [0.25, 0.3) is 0 Å². The number of hydrogen-bond donors (Lipinski definition) is 1. The summed E-state index contributed by atoms with van der Waals surface area (Å²) in [6, 6.07) is 18.0. The molecule has 2 aliphatic heterocycles. The number of carbonyl (C=O) groups is 1. The third-order valence-electron chi connectivity index (χ3n) is 6.81. The van der Waals surface area contributed by atoms with Gasteiger partial charge in [-0.1, -0.05) is 36.4 Å².